The van der Waals surface area contributed by atoms with Gasteiger partial charge in [-0.3, -0.25) is 0 Å². The normalized spacial score (nSPS) is 13.0. The first kappa shape index (κ1) is 15.1. The van der Waals surface area contributed by atoms with Crippen molar-refractivity contribution >= 4 is 11.5 Å². The zero-order valence-corrected chi connectivity index (χ0v) is 14.5. The maximum absolute atomic E-state index is 5.48. The molecule has 24 heavy (non-hydrogen) atoms. The summed E-state index contributed by atoms with van der Waals surface area (Å²) >= 11 is 1.35. The van der Waals surface area contributed by atoms with Crippen LogP contribution >= 0.6 is 11.5 Å². The topological polar surface area (TPSA) is 75.0 Å². The Balaban J connectivity index is 1.88. The summed E-state index contributed by atoms with van der Waals surface area (Å²) in [4.78, 5) is 5.69. The quantitative estimate of drug-likeness (QED) is 0.724. The number of ether oxygens (including phenoxy) is 2. The first-order valence-corrected chi connectivity index (χ1v) is 8.63. The molecule has 1 aromatic carbocycles. The number of aryl methyl sites for hydroxylation is 1. The summed E-state index contributed by atoms with van der Waals surface area (Å²) in [5.74, 6) is 3.25. The predicted octanol–water partition coefficient (Wildman–Crippen LogP) is 3.20. The summed E-state index contributed by atoms with van der Waals surface area (Å²) in [6, 6.07) is 5.77. The van der Waals surface area contributed by atoms with Gasteiger partial charge < -0.3 is 9.47 Å². The molecule has 7 nitrogen and oxygen atoms in total. The van der Waals surface area contributed by atoms with E-state index in [0.29, 0.717) is 0 Å². The third kappa shape index (κ3) is 2.43. The summed E-state index contributed by atoms with van der Waals surface area (Å²) in [5.41, 5.74) is 1.81. The van der Waals surface area contributed by atoms with Gasteiger partial charge in [-0.05, 0) is 30.1 Å². The Morgan fingerprint density at radius 1 is 1.25 bits per heavy atom. The molecule has 0 saturated carbocycles. The van der Waals surface area contributed by atoms with Gasteiger partial charge in [0.1, 0.15) is 4.88 Å². The fourth-order valence-electron chi connectivity index (χ4n) is 2.53. The molecule has 0 amide bonds. The summed E-state index contributed by atoms with van der Waals surface area (Å²) in [5, 5.41) is 8.90. The molecule has 0 unspecified atom stereocenters. The lowest BCUT2D eigenvalue weighted by atomic mass is 10.2. The number of nitrogens with zero attached hydrogens (tertiary/aromatic N) is 5. The summed E-state index contributed by atoms with van der Waals surface area (Å²) in [7, 11) is 0. The van der Waals surface area contributed by atoms with Crippen LogP contribution in [-0.2, 0) is 6.42 Å². The van der Waals surface area contributed by atoms with Gasteiger partial charge in [0.2, 0.25) is 6.79 Å². The maximum atomic E-state index is 5.48. The molecule has 0 spiro atoms. The van der Waals surface area contributed by atoms with Gasteiger partial charge in [0, 0.05) is 12.0 Å². The zero-order valence-electron chi connectivity index (χ0n) is 13.7. The Morgan fingerprint density at radius 2 is 2.08 bits per heavy atom. The molecule has 3 heterocycles. The molecule has 0 aliphatic carbocycles. The number of hydrogen-bond acceptors (Lipinski definition) is 7. The Labute approximate surface area is 143 Å². The second kappa shape index (κ2) is 5.86. The lowest BCUT2D eigenvalue weighted by molar-refractivity contribution is 0.174. The molecule has 1 aliphatic heterocycles. The van der Waals surface area contributed by atoms with Crippen LogP contribution in [0.2, 0.25) is 0 Å². The summed E-state index contributed by atoms with van der Waals surface area (Å²) in [6.07, 6.45) is 0.802. The van der Waals surface area contributed by atoms with Gasteiger partial charge in [0.05, 0.1) is 11.4 Å². The summed E-state index contributed by atoms with van der Waals surface area (Å²) < 4.78 is 16.8. The monoisotopic (exact) mass is 343 g/mol. The Morgan fingerprint density at radius 3 is 2.88 bits per heavy atom. The molecule has 4 rings (SSSR count). The SMILES string of the molecule is CCc1nnsc1-c1nc(C(C)C)nn1-c1ccc2c(c1)OCO2. The highest BCUT2D eigenvalue weighted by molar-refractivity contribution is 7.09. The fraction of sp³-hybridized carbons (Fsp3) is 0.375. The van der Waals surface area contributed by atoms with Crippen molar-refractivity contribution in [3.05, 3.63) is 29.7 Å². The lowest BCUT2D eigenvalue weighted by Crippen LogP contribution is -2.01. The Hall–Kier alpha value is -2.48. The van der Waals surface area contributed by atoms with Crippen LogP contribution < -0.4 is 9.47 Å². The number of fused-ring (bicyclic) bond motifs is 1. The lowest BCUT2D eigenvalue weighted by Gasteiger charge is -2.06. The van der Waals surface area contributed by atoms with Crippen LogP contribution in [-0.4, -0.2) is 31.1 Å². The van der Waals surface area contributed by atoms with E-state index in [0.717, 1.165) is 45.8 Å². The molecule has 0 N–H and O–H groups in total. The van der Waals surface area contributed by atoms with Crippen LogP contribution in [0.5, 0.6) is 11.5 Å². The standard InChI is InChI=1S/C16H17N5O2S/c1-4-11-14(24-20-18-11)16-17-15(9(2)3)19-21(16)10-5-6-12-13(7-10)23-8-22-12/h5-7,9H,4,8H2,1-3H3. The predicted molar refractivity (Wildman–Crippen MR) is 89.9 cm³/mol. The highest BCUT2D eigenvalue weighted by Crippen LogP contribution is 2.35. The molecule has 1 aliphatic rings. The largest absolute Gasteiger partial charge is 0.454 e. The van der Waals surface area contributed by atoms with Crippen LogP contribution in [0, 0.1) is 0 Å². The van der Waals surface area contributed by atoms with Gasteiger partial charge in [-0.2, -0.15) is 5.10 Å². The average Bonchev–Trinajstić information content (AvgIpc) is 3.31. The second-order valence-electron chi connectivity index (χ2n) is 5.80. The van der Waals surface area contributed by atoms with Gasteiger partial charge in [-0.15, -0.1) is 5.10 Å². The van der Waals surface area contributed by atoms with Gasteiger partial charge in [0.15, 0.2) is 23.1 Å². The zero-order chi connectivity index (χ0) is 16.7. The molecular weight excluding hydrogens is 326 g/mol. The van der Waals surface area contributed by atoms with E-state index < -0.39 is 0 Å². The highest BCUT2D eigenvalue weighted by Gasteiger charge is 2.22. The molecule has 8 heteroatoms. The number of rotatable bonds is 4. The van der Waals surface area contributed by atoms with Crippen molar-refractivity contribution in [2.45, 2.75) is 33.1 Å². The van der Waals surface area contributed by atoms with Crippen LogP contribution in [0.25, 0.3) is 16.4 Å². The Bertz CT molecular complexity index is 886. The molecule has 0 radical (unpaired) electrons. The van der Waals surface area contributed by atoms with E-state index >= 15 is 0 Å². The minimum absolute atomic E-state index is 0.227. The van der Waals surface area contributed by atoms with Crippen molar-refractivity contribution in [1.82, 2.24) is 24.4 Å². The van der Waals surface area contributed by atoms with Gasteiger partial charge in [-0.1, -0.05) is 25.3 Å². The van der Waals surface area contributed by atoms with Crippen molar-refractivity contribution in [2.24, 2.45) is 0 Å². The van der Waals surface area contributed by atoms with Crippen LogP contribution in [0.1, 0.15) is 38.2 Å². The molecule has 3 aromatic rings. The molecule has 0 atom stereocenters. The number of benzene rings is 1. The Kier molecular flexibility index (Phi) is 3.68. The van der Waals surface area contributed by atoms with E-state index in [9.17, 15) is 0 Å². The maximum Gasteiger partial charge on any atom is 0.231 e. The molecule has 2 aromatic heterocycles. The van der Waals surface area contributed by atoms with Gasteiger partial charge in [-0.25, -0.2) is 9.67 Å². The molecular formula is C16H17N5O2S. The van der Waals surface area contributed by atoms with Crippen LogP contribution in [0.4, 0.5) is 0 Å². The first-order chi connectivity index (χ1) is 11.7. The first-order valence-electron chi connectivity index (χ1n) is 7.86. The van der Waals surface area contributed by atoms with E-state index in [1.165, 1.54) is 11.5 Å². The molecule has 0 fully saturated rings. The van der Waals surface area contributed by atoms with Crippen molar-refractivity contribution in [3.63, 3.8) is 0 Å². The average molecular weight is 343 g/mol. The number of hydrogen-bond donors (Lipinski definition) is 0. The van der Waals surface area contributed by atoms with E-state index in [2.05, 4.69) is 30.4 Å². The van der Waals surface area contributed by atoms with Crippen molar-refractivity contribution in [2.75, 3.05) is 6.79 Å². The summed E-state index contributed by atoms with van der Waals surface area (Å²) in [6.45, 7) is 6.47. The van der Waals surface area contributed by atoms with E-state index in [1.807, 2.05) is 22.9 Å². The van der Waals surface area contributed by atoms with Crippen molar-refractivity contribution in [1.29, 1.82) is 0 Å². The van der Waals surface area contributed by atoms with Crippen molar-refractivity contribution < 1.29 is 9.47 Å². The van der Waals surface area contributed by atoms with E-state index in [1.54, 1.807) is 0 Å². The smallest absolute Gasteiger partial charge is 0.231 e. The molecule has 124 valence electrons. The van der Waals surface area contributed by atoms with Crippen LogP contribution in [0.15, 0.2) is 18.2 Å². The molecule has 0 saturated heterocycles. The van der Waals surface area contributed by atoms with Crippen molar-refractivity contribution in [3.8, 4) is 27.9 Å². The van der Waals surface area contributed by atoms with E-state index in [-0.39, 0.29) is 12.7 Å². The minimum atomic E-state index is 0.227. The third-order valence-corrected chi connectivity index (χ3v) is 4.60. The minimum Gasteiger partial charge on any atom is -0.454 e. The van der Waals surface area contributed by atoms with E-state index in [4.69, 9.17) is 19.6 Å². The fourth-order valence-corrected chi connectivity index (χ4v) is 3.25. The second-order valence-corrected chi connectivity index (χ2v) is 6.55. The highest BCUT2D eigenvalue weighted by atomic mass is 32.1. The number of aromatic nitrogens is 5. The molecule has 0 bridgehead atoms. The third-order valence-electron chi connectivity index (χ3n) is 3.83. The van der Waals surface area contributed by atoms with Gasteiger partial charge in [0.25, 0.3) is 0 Å². The van der Waals surface area contributed by atoms with Gasteiger partial charge >= 0.3 is 0 Å². The van der Waals surface area contributed by atoms with Crippen LogP contribution in [0.3, 0.4) is 0 Å².